The Morgan fingerprint density at radius 2 is 1.90 bits per heavy atom. The van der Waals surface area contributed by atoms with E-state index in [2.05, 4.69) is 4.72 Å². The first-order chi connectivity index (χ1) is 9.28. The molecular weight excluding hydrogens is 276 g/mol. The number of aryl methyl sites for hydroxylation is 1. The van der Waals surface area contributed by atoms with Crippen LogP contribution in [0.2, 0.25) is 0 Å². The number of carbonyl (C=O) groups excluding carboxylic acids is 1. The van der Waals surface area contributed by atoms with Gasteiger partial charge in [-0.3, -0.25) is 9.52 Å². The van der Waals surface area contributed by atoms with Gasteiger partial charge in [0.15, 0.2) is 5.78 Å². The van der Waals surface area contributed by atoms with E-state index in [4.69, 9.17) is 5.73 Å². The summed E-state index contributed by atoms with van der Waals surface area (Å²) in [6.45, 7) is 1.76. The van der Waals surface area contributed by atoms with E-state index in [9.17, 15) is 13.2 Å². The average molecular weight is 296 g/mol. The number of nitrogens with one attached hydrogen (secondary N) is 1. The first-order valence-corrected chi connectivity index (χ1v) is 8.59. The Kier molecular flexibility index (Phi) is 4.04. The maximum absolute atomic E-state index is 12.4. The van der Waals surface area contributed by atoms with Crippen LogP contribution in [-0.2, 0) is 10.0 Å². The molecule has 0 saturated heterocycles. The van der Waals surface area contributed by atoms with Crippen LogP contribution in [0.25, 0.3) is 0 Å². The monoisotopic (exact) mass is 296 g/mol. The molecule has 0 atom stereocenters. The highest BCUT2D eigenvalue weighted by atomic mass is 32.2. The molecule has 110 valence electrons. The first kappa shape index (κ1) is 14.8. The van der Waals surface area contributed by atoms with E-state index >= 15 is 0 Å². The molecular formula is C14H20N2O3S. The molecule has 1 aromatic carbocycles. The van der Waals surface area contributed by atoms with Crippen LogP contribution in [-0.4, -0.2) is 20.5 Å². The van der Waals surface area contributed by atoms with Gasteiger partial charge in [0.05, 0.1) is 11.9 Å². The number of hydrogen-bond donors (Lipinski definition) is 2. The molecule has 0 spiro atoms. The van der Waals surface area contributed by atoms with Gasteiger partial charge in [-0.05, 0) is 37.5 Å². The van der Waals surface area contributed by atoms with Gasteiger partial charge >= 0.3 is 0 Å². The van der Waals surface area contributed by atoms with E-state index in [-0.39, 0.29) is 11.7 Å². The van der Waals surface area contributed by atoms with Gasteiger partial charge in [-0.15, -0.1) is 0 Å². The van der Waals surface area contributed by atoms with Crippen molar-refractivity contribution in [3.63, 3.8) is 0 Å². The molecule has 5 nitrogen and oxygen atoms in total. The summed E-state index contributed by atoms with van der Waals surface area (Å²) in [5.41, 5.74) is 7.89. The van der Waals surface area contributed by atoms with Crippen LogP contribution >= 0.6 is 0 Å². The van der Waals surface area contributed by atoms with Crippen molar-refractivity contribution in [2.45, 2.75) is 32.6 Å². The Balaban J connectivity index is 2.32. The third-order valence-corrected chi connectivity index (χ3v) is 4.27. The Morgan fingerprint density at radius 3 is 2.45 bits per heavy atom. The molecule has 1 aliphatic carbocycles. The number of nitrogens with two attached hydrogens (primary N) is 1. The molecule has 20 heavy (non-hydrogen) atoms. The van der Waals surface area contributed by atoms with E-state index < -0.39 is 10.0 Å². The SMILES string of the molecule is Cc1cc(C(=O)C2CCCC2)c(N)cc1NS(C)(=O)=O. The molecule has 3 N–H and O–H groups in total. The van der Waals surface area contributed by atoms with Crippen LogP contribution in [0.3, 0.4) is 0 Å². The fourth-order valence-corrected chi connectivity index (χ4v) is 3.28. The fourth-order valence-electron chi connectivity index (χ4n) is 2.66. The Morgan fingerprint density at radius 1 is 1.30 bits per heavy atom. The second kappa shape index (κ2) is 5.44. The van der Waals surface area contributed by atoms with E-state index in [1.165, 1.54) is 6.07 Å². The summed E-state index contributed by atoms with van der Waals surface area (Å²) < 4.78 is 25.0. The van der Waals surface area contributed by atoms with Crippen LogP contribution < -0.4 is 10.5 Å². The molecule has 0 amide bonds. The number of anilines is 2. The van der Waals surface area contributed by atoms with Crippen molar-refractivity contribution in [2.24, 2.45) is 5.92 Å². The van der Waals surface area contributed by atoms with Gasteiger partial charge in [-0.25, -0.2) is 8.42 Å². The maximum atomic E-state index is 12.4. The third-order valence-electron chi connectivity index (χ3n) is 3.68. The van der Waals surface area contributed by atoms with Gasteiger partial charge in [-0.1, -0.05) is 12.8 Å². The maximum Gasteiger partial charge on any atom is 0.229 e. The molecule has 0 heterocycles. The van der Waals surface area contributed by atoms with E-state index in [0.717, 1.165) is 31.9 Å². The molecule has 6 heteroatoms. The third kappa shape index (κ3) is 3.30. The highest BCUT2D eigenvalue weighted by Crippen LogP contribution is 2.32. The van der Waals surface area contributed by atoms with Crippen molar-refractivity contribution < 1.29 is 13.2 Å². The normalized spacial score (nSPS) is 16.3. The van der Waals surface area contributed by atoms with Crippen molar-refractivity contribution in [1.29, 1.82) is 0 Å². The molecule has 0 radical (unpaired) electrons. The summed E-state index contributed by atoms with van der Waals surface area (Å²) in [5, 5.41) is 0. The summed E-state index contributed by atoms with van der Waals surface area (Å²) in [6, 6.07) is 3.21. The number of sulfonamides is 1. The van der Waals surface area contributed by atoms with Crippen LogP contribution in [0.15, 0.2) is 12.1 Å². The van der Waals surface area contributed by atoms with Crippen molar-refractivity contribution >= 4 is 27.2 Å². The van der Waals surface area contributed by atoms with Gasteiger partial charge in [0, 0.05) is 17.2 Å². The molecule has 1 aromatic rings. The molecule has 0 aliphatic heterocycles. The molecule has 0 aromatic heterocycles. The lowest BCUT2D eigenvalue weighted by Gasteiger charge is -2.14. The lowest BCUT2D eigenvalue weighted by atomic mass is 9.93. The number of ketones is 1. The smallest absolute Gasteiger partial charge is 0.229 e. The number of rotatable bonds is 4. The minimum absolute atomic E-state index is 0.0606. The number of Topliss-reactive ketones (excluding diaryl/α,β-unsaturated/α-hetero) is 1. The first-order valence-electron chi connectivity index (χ1n) is 6.70. The number of benzene rings is 1. The van der Waals surface area contributed by atoms with E-state index in [1.807, 2.05) is 0 Å². The predicted octanol–water partition coefficient (Wildman–Crippen LogP) is 2.32. The van der Waals surface area contributed by atoms with E-state index in [0.29, 0.717) is 22.5 Å². The predicted molar refractivity (Wildman–Crippen MR) is 80.3 cm³/mol. The largest absolute Gasteiger partial charge is 0.398 e. The zero-order valence-electron chi connectivity index (χ0n) is 11.8. The summed E-state index contributed by atoms with van der Waals surface area (Å²) >= 11 is 0. The fraction of sp³-hybridized carbons (Fsp3) is 0.500. The lowest BCUT2D eigenvalue weighted by Crippen LogP contribution is -2.15. The zero-order chi connectivity index (χ0) is 14.9. The second-order valence-electron chi connectivity index (χ2n) is 5.47. The highest BCUT2D eigenvalue weighted by Gasteiger charge is 2.25. The number of nitrogen functional groups attached to an aromatic ring is 1. The minimum atomic E-state index is -3.36. The summed E-state index contributed by atoms with van der Waals surface area (Å²) in [5.74, 6) is 0.138. The van der Waals surface area contributed by atoms with Crippen LogP contribution in [0.4, 0.5) is 11.4 Å². The molecule has 1 saturated carbocycles. The Labute approximate surface area is 119 Å². The minimum Gasteiger partial charge on any atom is -0.398 e. The van der Waals surface area contributed by atoms with Crippen molar-refractivity contribution in [2.75, 3.05) is 16.7 Å². The topological polar surface area (TPSA) is 89.3 Å². The highest BCUT2D eigenvalue weighted by molar-refractivity contribution is 7.92. The quantitative estimate of drug-likeness (QED) is 0.659. The summed E-state index contributed by atoms with van der Waals surface area (Å²) in [6.07, 6.45) is 5.09. The lowest BCUT2D eigenvalue weighted by molar-refractivity contribution is 0.0923. The Hall–Kier alpha value is -1.56. The van der Waals surface area contributed by atoms with Crippen molar-refractivity contribution in [3.8, 4) is 0 Å². The summed E-state index contributed by atoms with van der Waals surface area (Å²) in [4.78, 5) is 12.4. The van der Waals surface area contributed by atoms with Gasteiger partial charge in [0.2, 0.25) is 10.0 Å². The number of carbonyl (C=O) groups is 1. The summed E-state index contributed by atoms with van der Waals surface area (Å²) in [7, 11) is -3.36. The molecule has 2 rings (SSSR count). The zero-order valence-corrected chi connectivity index (χ0v) is 12.6. The number of hydrogen-bond acceptors (Lipinski definition) is 4. The van der Waals surface area contributed by atoms with Crippen LogP contribution in [0.5, 0.6) is 0 Å². The Bertz CT molecular complexity index is 632. The second-order valence-corrected chi connectivity index (χ2v) is 7.22. The van der Waals surface area contributed by atoms with Crippen LogP contribution in [0, 0.1) is 12.8 Å². The van der Waals surface area contributed by atoms with E-state index in [1.54, 1.807) is 13.0 Å². The molecule has 1 fully saturated rings. The molecule has 0 unspecified atom stereocenters. The van der Waals surface area contributed by atoms with Gasteiger partial charge in [0.25, 0.3) is 0 Å². The van der Waals surface area contributed by atoms with Gasteiger partial charge < -0.3 is 5.73 Å². The standard InChI is InChI=1S/C14H20N2O3S/c1-9-7-11(14(17)10-5-3-4-6-10)12(15)8-13(9)16-20(2,18)19/h7-8,10,16H,3-6,15H2,1-2H3. The van der Waals surface area contributed by atoms with Crippen molar-refractivity contribution in [1.82, 2.24) is 0 Å². The van der Waals surface area contributed by atoms with Crippen LogP contribution in [0.1, 0.15) is 41.6 Å². The average Bonchev–Trinajstić information content (AvgIpc) is 2.84. The van der Waals surface area contributed by atoms with Crippen molar-refractivity contribution in [3.05, 3.63) is 23.3 Å². The van der Waals surface area contributed by atoms with Gasteiger partial charge in [-0.2, -0.15) is 0 Å². The van der Waals surface area contributed by atoms with Gasteiger partial charge in [0.1, 0.15) is 0 Å². The molecule has 0 bridgehead atoms. The molecule has 1 aliphatic rings.